The van der Waals surface area contributed by atoms with Gasteiger partial charge in [-0.1, -0.05) is 30.3 Å². The molecule has 2 heterocycles. The molecule has 0 aliphatic carbocycles. The number of urea groups is 1. The van der Waals surface area contributed by atoms with Crippen LogP contribution >= 0.6 is 0 Å². The Hall–Kier alpha value is -1.63. The van der Waals surface area contributed by atoms with Gasteiger partial charge in [0.15, 0.2) is 0 Å². The van der Waals surface area contributed by atoms with Crippen LogP contribution in [0.2, 0.25) is 0 Å². The van der Waals surface area contributed by atoms with E-state index in [1.807, 2.05) is 23.1 Å². The minimum atomic E-state index is -0.114. The number of likely N-dealkylation sites (N-methyl/N-ethyl adjacent to an activating group) is 1. The summed E-state index contributed by atoms with van der Waals surface area (Å²) < 4.78 is 5.86. The summed E-state index contributed by atoms with van der Waals surface area (Å²) in [7, 11) is 2.12. The van der Waals surface area contributed by atoms with E-state index < -0.39 is 0 Å². The van der Waals surface area contributed by atoms with Crippen LogP contribution in [0.5, 0.6) is 0 Å². The highest BCUT2D eigenvalue weighted by molar-refractivity contribution is 5.75. The number of benzene rings is 1. The second-order valence-corrected chi connectivity index (χ2v) is 9.02. The zero-order valence-electron chi connectivity index (χ0n) is 18.0. The Bertz CT molecular complexity index is 641. The quantitative estimate of drug-likeness (QED) is 0.861. The fraction of sp³-hybridized carbons (Fsp3) is 0.682. The summed E-state index contributed by atoms with van der Waals surface area (Å²) in [6.45, 7) is 13.6. The molecule has 156 valence electrons. The van der Waals surface area contributed by atoms with Crippen molar-refractivity contribution in [2.45, 2.75) is 51.5 Å². The topological polar surface area (TPSA) is 48.1 Å². The smallest absolute Gasteiger partial charge is 0.318 e. The Morgan fingerprint density at radius 2 is 1.75 bits per heavy atom. The van der Waals surface area contributed by atoms with Crippen LogP contribution in [0.25, 0.3) is 0 Å². The Kier molecular flexibility index (Phi) is 6.63. The predicted molar refractivity (Wildman–Crippen MR) is 112 cm³/mol. The molecule has 6 nitrogen and oxygen atoms in total. The average molecular weight is 389 g/mol. The van der Waals surface area contributed by atoms with E-state index in [4.69, 9.17) is 4.74 Å². The molecule has 28 heavy (non-hydrogen) atoms. The van der Waals surface area contributed by atoms with Crippen LogP contribution in [-0.4, -0.2) is 84.8 Å². The molecule has 2 fully saturated rings. The summed E-state index contributed by atoms with van der Waals surface area (Å²) in [6, 6.07) is 10.5. The maximum atomic E-state index is 13.1. The summed E-state index contributed by atoms with van der Waals surface area (Å²) in [5.41, 5.74) is 1.08. The van der Waals surface area contributed by atoms with Gasteiger partial charge < -0.3 is 19.9 Å². The van der Waals surface area contributed by atoms with Crippen LogP contribution in [0.3, 0.4) is 0 Å². The van der Waals surface area contributed by atoms with Gasteiger partial charge in [0, 0.05) is 44.8 Å². The summed E-state index contributed by atoms with van der Waals surface area (Å²) in [4.78, 5) is 19.8. The van der Waals surface area contributed by atoms with E-state index in [0.717, 1.165) is 32.7 Å². The first-order chi connectivity index (χ1) is 13.3. The number of hydrogen-bond donors (Lipinski definition) is 1. The van der Waals surface area contributed by atoms with Crippen molar-refractivity contribution in [2.24, 2.45) is 0 Å². The zero-order valence-corrected chi connectivity index (χ0v) is 18.0. The zero-order chi connectivity index (χ0) is 20.3. The first-order valence-corrected chi connectivity index (χ1v) is 10.4. The molecule has 0 radical (unpaired) electrons. The van der Waals surface area contributed by atoms with E-state index in [0.29, 0.717) is 6.54 Å². The number of nitrogens with zero attached hydrogens (tertiary/aromatic N) is 3. The first kappa shape index (κ1) is 21.1. The third-order valence-corrected chi connectivity index (χ3v) is 5.98. The van der Waals surface area contributed by atoms with Crippen molar-refractivity contribution in [3.63, 3.8) is 0 Å². The number of piperazine rings is 1. The lowest BCUT2D eigenvalue weighted by molar-refractivity contribution is -0.0949. The maximum Gasteiger partial charge on any atom is 0.318 e. The van der Waals surface area contributed by atoms with E-state index in [1.165, 1.54) is 5.56 Å². The van der Waals surface area contributed by atoms with Crippen LogP contribution in [0, 0.1) is 0 Å². The highest BCUT2D eigenvalue weighted by Gasteiger charge is 2.35. The summed E-state index contributed by atoms with van der Waals surface area (Å²) in [6.07, 6.45) is 0.442. The Labute approximate surface area is 169 Å². The number of nitrogens with one attached hydrogen (secondary N) is 1. The van der Waals surface area contributed by atoms with E-state index in [1.54, 1.807) is 0 Å². The highest BCUT2D eigenvalue weighted by Crippen LogP contribution is 2.25. The standard InChI is InChI=1S/C22H36N4O2/c1-17-13-25(14-18(2)28-17)22(3,4)16-23-21(27)26-12-11-24(5)15-20(26)19-9-7-6-8-10-19/h6-10,17-18,20H,11-16H2,1-5H3,(H,23,27). The summed E-state index contributed by atoms with van der Waals surface area (Å²) in [5.74, 6) is 0. The molecule has 0 aromatic heterocycles. The van der Waals surface area contributed by atoms with Gasteiger partial charge in [-0.05, 0) is 40.3 Å². The van der Waals surface area contributed by atoms with Crippen molar-refractivity contribution >= 4 is 6.03 Å². The second-order valence-electron chi connectivity index (χ2n) is 9.02. The van der Waals surface area contributed by atoms with Crippen molar-refractivity contribution in [3.05, 3.63) is 35.9 Å². The predicted octanol–water partition coefficient (Wildman–Crippen LogP) is 2.57. The third kappa shape index (κ3) is 5.04. The van der Waals surface area contributed by atoms with Gasteiger partial charge in [0.05, 0.1) is 18.2 Å². The summed E-state index contributed by atoms with van der Waals surface area (Å²) >= 11 is 0. The molecule has 1 aromatic carbocycles. The van der Waals surface area contributed by atoms with Crippen LogP contribution in [0.15, 0.2) is 30.3 Å². The SMILES string of the molecule is CC1CN(C(C)(C)CNC(=O)N2CCN(C)CC2c2ccccc2)CC(C)O1. The molecule has 3 rings (SSSR count). The van der Waals surface area contributed by atoms with E-state index in [-0.39, 0.29) is 29.8 Å². The van der Waals surface area contributed by atoms with Crippen LogP contribution < -0.4 is 5.32 Å². The fourth-order valence-electron chi connectivity index (χ4n) is 4.30. The number of carbonyl (C=O) groups excluding carboxylic acids is 1. The lowest BCUT2D eigenvalue weighted by atomic mass is 10.00. The maximum absolute atomic E-state index is 13.1. The molecule has 3 atom stereocenters. The highest BCUT2D eigenvalue weighted by atomic mass is 16.5. The lowest BCUT2D eigenvalue weighted by Crippen LogP contribution is -2.60. The molecular weight excluding hydrogens is 352 g/mol. The molecule has 2 amide bonds. The molecule has 1 N–H and O–H groups in total. The van der Waals surface area contributed by atoms with Gasteiger partial charge >= 0.3 is 6.03 Å². The number of hydrogen-bond acceptors (Lipinski definition) is 4. The third-order valence-electron chi connectivity index (χ3n) is 5.98. The van der Waals surface area contributed by atoms with Crippen LogP contribution in [0.1, 0.15) is 39.3 Å². The number of amides is 2. The molecule has 2 aliphatic rings. The molecular formula is C22H36N4O2. The Morgan fingerprint density at radius 3 is 2.39 bits per heavy atom. The van der Waals surface area contributed by atoms with Crippen molar-refractivity contribution < 1.29 is 9.53 Å². The number of morpholine rings is 1. The molecule has 2 saturated heterocycles. The lowest BCUT2D eigenvalue weighted by Gasteiger charge is -2.46. The fourth-order valence-corrected chi connectivity index (χ4v) is 4.30. The van der Waals surface area contributed by atoms with Crippen molar-refractivity contribution in [1.29, 1.82) is 0 Å². The summed E-state index contributed by atoms with van der Waals surface area (Å²) in [5, 5.41) is 3.22. The molecule has 0 bridgehead atoms. The van der Waals surface area contributed by atoms with Gasteiger partial charge in [0.2, 0.25) is 0 Å². The van der Waals surface area contributed by atoms with Crippen molar-refractivity contribution in [2.75, 3.05) is 46.3 Å². The van der Waals surface area contributed by atoms with E-state index in [2.05, 4.69) is 62.0 Å². The van der Waals surface area contributed by atoms with Gasteiger partial charge in [0.1, 0.15) is 0 Å². The van der Waals surface area contributed by atoms with Gasteiger partial charge in [-0.25, -0.2) is 4.79 Å². The van der Waals surface area contributed by atoms with E-state index in [9.17, 15) is 4.79 Å². The number of ether oxygens (including phenoxy) is 1. The first-order valence-electron chi connectivity index (χ1n) is 10.4. The largest absolute Gasteiger partial charge is 0.373 e. The van der Waals surface area contributed by atoms with Gasteiger partial charge in [0.25, 0.3) is 0 Å². The Morgan fingerprint density at radius 1 is 1.11 bits per heavy atom. The molecule has 1 aromatic rings. The van der Waals surface area contributed by atoms with Gasteiger partial charge in [-0.2, -0.15) is 0 Å². The molecule has 0 spiro atoms. The normalized spacial score (nSPS) is 27.6. The molecule has 0 saturated carbocycles. The van der Waals surface area contributed by atoms with Crippen LogP contribution in [-0.2, 0) is 4.74 Å². The second kappa shape index (κ2) is 8.80. The number of rotatable bonds is 4. The molecule has 6 heteroatoms. The van der Waals surface area contributed by atoms with Crippen LogP contribution in [0.4, 0.5) is 4.79 Å². The molecule has 3 unspecified atom stereocenters. The molecule has 2 aliphatic heterocycles. The Balaban J connectivity index is 1.64. The van der Waals surface area contributed by atoms with Crippen molar-refractivity contribution in [1.82, 2.24) is 20.0 Å². The van der Waals surface area contributed by atoms with Crippen molar-refractivity contribution in [3.8, 4) is 0 Å². The van der Waals surface area contributed by atoms with Gasteiger partial charge in [-0.3, -0.25) is 4.90 Å². The average Bonchev–Trinajstić information content (AvgIpc) is 2.66. The van der Waals surface area contributed by atoms with E-state index >= 15 is 0 Å². The number of carbonyl (C=O) groups is 1. The monoisotopic (exact) mass is 388 g/mol. The minimum Gasteiger partial charge on any atom is -0.373 e. The minimum absolute atomic E-state index is 0.0318. The van der Waals surface area contributed by atoms with Gasteiger partial charge in [-0.15, -0.1) is 0 Å².